The third-order valence-electron chi connectivity index (χ3n) is 5.40. The number of nitrogens with one attached hydrogen (secondary N) is 2. The third-order valence-corrected chi connectivity index (χ3v) is 8.54. The highest BCUT2D eigenvalue weighted by Gasteiger charge is 2.35. The first kappa shape index (κ1) is 23.6. The minimum Gasteiger partial charge on any atom is -0.481 e. The van der Waals surface area contributed by atoms with Gasteiger partial charge in [-0.1, -0.05) is 42.9 Å². The highest BCUT2D eigenvalue weighted by Crippen LogP contribution is 2.33. The Hall–Kier alpha value is -2.57. The van der Waals surface area contributed by atoms with E-state index in [1.54, 1.807) is 6.07 Å². The highest BCUT2D eigenvalue weighted by molar-refractivity contribution is 8.01. The summed E-state index contributed by atoms with van der Waals surface area (Å²) >= 11 is 4.13. The van der Waals surface area contributed by atoms with Gasteiger partial charge < -0.3 is 10.4 Å². The summed E-state index contributed by atoms with van der Waals surface area (Å²) in [5, 5.41) is 24.3. The number of thiazole rings is 1. The van der Waals surface area contributed by atoms with Crippen molar-refractivity contribution in [1.82, 2.24) is 15.2 Å². The van der Waals surface area contributed by atoms with Gasteiger partial charge in [0, 0.05) is 5.69 Å². The molecule has 0 radical (unpaired) electrons. The van der Waals surface area contributed by atoms with Crippen LogP contribution in [-0.4, -0.2) is 43.8 Å². The molecule has 0 aliphatic heterocycles. The summed E-state index contributed by atoms with van der Waals surface area (Å²) < 4.78 is 1.62. The molecule has 2 heterocycles. The zero-order valence-corrected chi connectivity index (χ0v) is 20.3. The lowest BCUT2D eigenvalue weighted by Gasteiger charge is -2.27. The predicted octanol–water partition coefficient (Wildman–Crippen LogP) is 4.27. The number of hydrogen-bond donors (Lipinski definition) is 3. The number of benzene rings is 1. The molecule has 1 saturated carbocycles. The fraction of sp³-hybridized carbons (Fsp3) is 0.429. The second-order valence-electron chi connectivity index (χ2n) is 7.68. The number of hydrogen-bond acceptors (Lipinski definition) is 9. The smallest absolute Gasteiger partial charge is 0.307 e. The van der Waals surface area contributed by atoms with Crippen molar-refractivity contribution in [2.24, 2.45) is 11.8 Å². The summed E-state index contributed by atoms with van der Waals surface area (Å²) in [5.74, 6) is -2.28. The number of fused-ring (bicyclic) bond motifs is 1. The van der Waals surface area contributed by atoms with E-state index in [0.29, 0.717) is 23.7 Å². The lowest BCUT2D eigenvalue weighted by atomic mass is 9.78. The molecule has 1 aliphatic rings. The van der Waals surface area contributed by atoms with Crippen LogP contribution in [0.25, 0.3) is 10.2 Å². The molecule has 0 bridgehead atoms. The molecule has 3 aromatic rings. The van der Waals surface area contributed by atoms with E-state index in [4.69, 9.17) is 0 Å². The van der Waals surface area contributed by atoms with E-state index in [9.17, 15) is 19.5 Å². The van der Waals surface area contributed by atoms with Crippen molar-refractivity contribution in [3.8, 4) is 0 Å². The Balaban J connectivity index is 1.36. The summed E-state index contributed by atoms with van der Waals surface area (Å²) in [6, 6.07) is 5.41. The zero-order chi connectivity index (χ0) is 23.4. The van der Waals surface area contributed by atoms with E-state index >= 15 is 0 Å². The standard InChI is InChI=1S/C21H23N5O4S3/c1-2-17-25-26-20(33-17)24-16(27)10-31-21-23-14-8-7-11(9-15(14)32-21)22-18(28)12-5-3-4-6-13(12)19(29)30/h7-9,12-13H,2-6,10H2,1H3,(H,22,28)(H,29,30)(H,24,26,27)/t12-,13-/m1/s1. The van der Waals surface area contributed by atoms with Gasteiger partial charge in [-0.05, 0) is 37.5 Å². The maximum Gasteiger partial charge on any atom is 0.307 e. The number of carboxylic acid groups (broad SMARTS) is 1. The van der Waals surface area contributed by atoms with Crippen LogP contribution in [0, 0.1) is 11.8 Å². The Morgan fingerprint density at radius 1 is 1.12 bits per heavy atom. The summed E-state index contributed by atoms with van der Waals surface area (Å²) in [7, 11) is 0. The van der Waals surface area contributed by atoms with E-state index in [2.05, 4.69) is 25.8 Å². The van der Waals surface area contributed by atoms with E-state index < -0.39 is 17.8 Å². The van der Waals surface area contributed by atoms with Crippen molar-refractivity contribution in [2.75, 3.05) is 16.4 Å². The van der Waals surface area contributed by atoms with Crippen LogP contribution in [0.2, 0.25) is 0 Å². The Labute approximate surface area is 202 Å². The molecular formula is C21H23N5O4S3. The van der Waals surface area contributed by atoms with Crippen molar-refractivity contribution in [1.29, 1.82) is 0 Å². The number of aromatic nitrogens is 3. The monoisotopic (exact) mass is 505 g/mol. The van der Waals surface area contributed by atoms with E-state index in [1.165, 1.54) is 34.4 Å². The average molecular weight is 506 g/mol. The average Bonchev–Trinajstić information content (AvgIpc) is 3.43. The van der Waals surface area contributed by atoms with Gasteiger partial charge in [0.25, 0.3) is 0 Å². The molecule has 2 aromatic heterocycles. The number of nitrogens with zero attached hydrogens (tertiary/aromatic N) is 3. The quantitative estimate of drug-likeness (QED) is 0.386. The van der Waals surface area contributed by atoms with Gasteiger partial charge in [0.15, 0.2) is 4.34 Å². The first-order chi connectivity index (χ1) is 15.9. The van der Waals surface area contributed by atoms with Crippen molar-refractivity contribution in [3.05, 3.63) is 23.2 Å². The largest absolute Gasteiger partial charge is 0.481 e. The van der Waals surface area contributed by atoms with Gasteiger partial charge >= 0.3 is 5.97 Å². The Morgan fingerprint density at radius 3 is 2.64 bits per heavy atom. The number of thioether (sulfide) groups is 1. The van der Waals surface area contributed by atoms with Crippen LogP contribution < -0.4 is 10.6 Å². The number of carboxylic acids is 1. The molecule has 0 spiro atoms. The molecular weight excluding hydrogens is 482 g/mol. The highest BCUT2D eigenvalue weighted by atomic mass is 32.2. The van der Waals surface area contributed by atoms with Gasteiger partial charge in [-0.15, -0.1) is 21.5 Å². The molecule has 2 atom stereocenters. The van der Waals surface area contributed by atoms with Crippen molar-refractivity contribution < 1.29 is 19.5 Å². The molecule has 2 amide bonds. The van der Waals surface area contributed by atoms with Gasteiger partial charge in [0.1, 0.15) is 5.01 Å². The van der Waals surface area contributed by atoms with Crippen molar-refractivity contribution >= 4 is 73.3 Å². The summed E-state index contributed by atoms with van der Waals surface area (Å²) in [6.45, 7) is 1.98. The van der Waals surface area contributed by atoms with Crippen molar-refractivity contribution in [3.63, 3.8) is 0 Å². The van der Waals surface area contributed by atoms with Crippen LogP contribution in [0.1, 0.15) is 37.6 Å². The maximum absolute atomic E-state index is 12.7. The fourth-order valence-electron chi connectivity index (χ4n) is 3.75. The molecule has 9 nitrogen and oxygen atoms in total. The first-order valence-electron chi connectivity index (χ1n) is 10.6. The number of amides is 2. The third kappa shape index (κ3) is 5.87. The normalized spacial score (nSPS) is 18.2. The molecule has 0 saturated heterocycles. The van der Waals surface area contributed by atoms with E-state index in [1.807, 2.05) is 19.1 Å². The van der Waals surface area contributed by atoms with Crippen LogP contribution in [-0.2, 0) is 20.8 Å². The fourth-order valence-corrected chi connectivity index (χ4v) is 6.35. The molecule has 0 unspecified atom stereocenters. The summed E-state index contributed by atoms with van der Waals surface area (Å²) in [6.07, 6.45) is 3.60. The number of carbonyl (C=O) groups excluding carboxylic acids is 2. The Kier molecular flexibility index (Phi) is 7.56. The maximum atomic E-state index is 12.7. The van der Waals surface area contributed by atoms with E-state index in [-0.39, 0.29) is 17.6 Å². The van der Waals surface area contributed by atoms with Crippen LogP contribution in [0.4, 0.5) is 10.8 Å². The number of carbonyl (C=O) groups is 3. The summed E-state index contributed by atoms with van der Waals surface area (Å²) in [4.78, 5) is 41.0. The van der Waals surface area contributed by atoms with E-state index in [0.717, 1.165) is 38.8 Å². The molecule has 1 aliphatic carbocycles. The Bertz CT molecular complexity index is 1180. The molecule has 33 heavy (non-hydrogen) atoms. The van der Waals surface area contributed by atoms with Gasteiger partial charge in [0.2, 0.25) is 16.9 Å². The topological polar surface area (TPSA) is 134 Å². The molecule has 174 valence electrons. The van der Waals surface area contributed by atoms with Gasteiger partial charge in [-0.3, -0.25) is 19.7 Å². The second-order valence-corrected chi connectivity index (χ2v) is 11.0. The lowest BCUT2D eigenvalue weighted by Crippen LogP contribution is -2.36. The Morgan fingerprint density at radius 2 is 1.91 bits per heavy atom. The number of aliphatic carboxylic acids is 1. The molecule has 3 N–H and O–H groups in total. The SMILES string of the molecule is CCc1nnc(NC(=O)CSc2nc3ccc(NC(=O)[C@@H]4CCCC[C@H]4C(=O)O)cc3s2)s1. The van der Waals surface area contributed by atoms with Crippen molar-refractivity contribution in [2.45, 2.75) is 43.4 Å². The zero-order valence-electron chi connectivity index (χ0n) is 17.9. The van der Waals surface area contributed by atoms with Gasteiger partial charge in [-0.2, -0.15) is 0 Å². The minimum atomic E-state index is -0.907. The predicted molar refractivity (Wildman–Crippen MR) is 130 cm³/mol. The first-order valence-corrected chi connectivity index (χ1v) is 13.2. The molecule has 1 fully saturated rings. The number of rotatable bonds is 8. The lowest BCUT2D eigenvalue weighted by molar-refractivity contribution is -0.147. The molecule has 4 rings (SSSR count). The summed E-state index contributed by atoms with van der Waals surface area (Å²) in [5.41, 5.74) is 1.39. The number of aryl methyl sites for hydroxylation is 1. The van der Waals surface area contributed by atoms with Crippen LogP contribution in [0.3, 0.4) is 0 Å². The van der Waals surface area contributed by atoms with Gasteiger partial charge in [0.05, 0.1) is 27.8 Å². The van der Waals surface area contributed by atoms with Gasteiger partial charge in [-0.25, -0.2) is 4.98 Å². The molecule has 1 aromatic carbocycles. The minimum absolute atomic E-state index is 0.175. The number of anilines is 2. The van der Waals surface area contributed by atoms with Crippen LogP contribution >= 0.6 is 34.4 Å². The molecule has 12 heteroatoms. The van der Waals surface area contributed by atoms with Crippen LogP contribution in [0.5, 0.6) is 0 Å². The van der Waals surface area contributed by atoms with Crippen LogP contribution in [0.15, 0.2) is 22.5 Å². The second kappa shape index (κ2) is 10.6.